The molecule has 1 nitrogen and oxygen atoms in total. The molecule has 104 valence electrons. The first-order valence-electron chi connectivity index (χ1n) is 6.84. The van der Waals surface area contributed by atoms with E-state index in [-0.39, 0.29) is 6.04 Å². The van der Waals surface area contributed by atoms with Crippen LogP contribution >= 0.6 is 31.9 Å². The van der Waals surface area contributed by atoms with Crippen LogP contribution in [0.2, 0.25) is 0 Å². The lowest BCUT2D eigenvalue weighted by Gasteiger charge is -2.16. The molecule has 0 radical (unpaired) electrons. The summed E-state index contributed by atoms with van der Waals surface area (Å²) in [5.74, 6) is 1.15. The molecule has 3 rings (SSSR count). The minimum atomic E-state index is 0.0893. The highest BCUT2D eigenvalue weighted by atomic mass is 79.9. The number of nitrogens with two attached hydrogens (primary N) is 1. The summed E-state index contributed by atoms with van der Waals surface area (Å²) in [6.07, 6.45) is 1.18. The highest BCUT2D eigenvalue weighted by Crippen LogP contribution is 2.54. The van der Waals surface area contributed by atoms with E-state index in [0.29, 0.717) is 11.8 Å². The fourth-order valence-corrected chi connectivity index (χ4v) is 3.93. The van der Waals surface area contributed by atoms with Gasteiger partial charge >= 0.3 is 0 Å². The second-order valence-corrected chi connectivity index (χ2v) is 7.27. The maximum Gasteiger partial charge on any atom is 0.0341 e. The minimum absolute atomic E-state index is 0.0893. The van der Waals surface area contributed by atoms with Crippen molar-refractivity contribution in [2.75, 3.05) is 0 Å². The van der Waals surface area contributed by atoms with Gasteiger partial charge in [0, 0.05) is 15.0 Å². The van der Waals surface area contributed by atoms with Gasteiger partial charge in [0.2, 0.25) is 0 Å². The van der Waals surface area contributed by atoms with E-state index in [1.54, 1.807) is 0 Å². The van der Waals surface area contributed by atoms with Crippen LogP contribution < -0.4 is 5.73 Å². The average molecular weight is 395 g/mol. The van der Waals surface area contributed by atoms with Gasteiger partial charge in [-0.1, -0.05) is 62.2 Å². The largest absolute Gasteiger partial charge is 0.324 e. The molecule has 2 aromatic carbocycles. The number of halogens is 2. The van der Waals surface area contributed by atoms with Crippen molar-refractivity contribution in [2.45, 2.75) is 25.3 Å². The molecule has 3 heteroatoms. The van der Waals surface area contributed by atoms with E-state index in [0.717, 1.165) is 8.95 Å². The third-order valence-corrected chi connectivity index (χ3v) is 5.71. The van der Waals surface area contributed by atoms with Crippen LogP contribution in [0.5, 0.6) is 0 Å². The first-order valence-corrected chi connectivity index (χ1v) is 8.42. The normalized spacial score (nSPS) is 22.6. The van der Waals surface area contributed by atoms with E-state index >= 15 is 0 Å². The smallest absolute Gasteiger partial charge is 0.0341 e. The lowest BCUT2D eigenvalue weighted by Crippen LogP contribution is -2.14. The topological polar surface area (TPSA) is 26.0 Å². The van der Waals surface area contributed by atoms with Crippen LogP contribution in [-0.4, -0.2) is 0 Å². The summed E-state index contributed by atoms with van der Waals surface area (Å²) in [6.45, 7) is 2.09. The Bertz CT molecular complexity index is 624. The molecule has 0 aliphatic heterocycles. The zero-order valence-corrected chi connectivity index (χ0v) is 14.5. The minimum Gasteiger partial charge on any atom is -0.324 e. The third-order valence-electron chi connectivity index (χ3n) is 4.17. The van der Waals surface area contributed by atoms with Gasteiger partial charge in [0.15, 0.2) is 0 Å². The van der Waals surface area contributed by atoms with Crippen molar-refractivity contribution in [3.63, 3.8) is 0 Å². The van der Waals surface area contributed by atoms with Crippen molar-refractivity contribution in [1.82, 2.24) is 0 Å². The van der Waals surface area contributed by atoms with Gasteiger partial charge in [-0.3, -0.25) is 0 Å². The summed E-state index contributed by atoms with van der Waals surface area (Å²) in [7, 11) is 0. The predicted octanol–water partition coefficient (Wildman–Crippen LogP) is 5.32. The summed E-state index contributed by atoms with van der Waals surface area (Å²) in [5.41, 5.74) is 10.3. The molecule has 0 amide bonds. The van der Waals surface area contributed by atoms with Crippen LogP contribution in [0.1, 0.15) is 35.1 Å². The Kier molecular flexibility index (Phi) is 4.02. The molecule has 0 aromatic heterocycles. The molecule has 2 aromatic rings. The number of benzene rings is 2. The molecule has 1 saturated carbocycles. The molecule has 1 aliphatic carbocycles. The zero-order chi connectivity index (χ0) is 14.3. The number of aryl methyl sites for hydroxylation is 1. The summed E-state index contributed by atoms with van der Waals surface area (Å²) in [6, 6.07) is 15.1. The monoisotopic (exact) mass is 393 g/mol. The molecule has 0 saturated heterocycles. The fourth-order valence-electron chi connectivity index (χ4n) is 2.84. The van der Waals surface area contributed by atoms with E-state index in [4.69, 9.17) is 5.73 Å². The number of rotatable bonds is 3. The third kappa shape index (κ3) is 2.72. The van der Waals surface area contributed by atoms with E-state index in [1.807, 2.05) is 0 Å². The van der Waals surface area contributed by atoms with Crippen LogP contribution in [-0.2, 0) is 0 Å². The van der Waals surface area contributed by atoms with Gasteiger partial charge in [0.05, 0.1) is 0 Å². The van der Waals surface area contributed by atoms with Gasteiger partial charge in [-0.05, 0) is 54.0 Å². The predicted molar refractivity (Wildman–Crippen MR) is 90.8 cm³/mol. The molecule has 0 spiro atoms. The SMILES string of the molecule is Cc1cc(Br)c(C(N)C2CC2c2ccccc2)cc1Br. The maximum absolute atomic E-state index is 6.50. The summed E-state index contributed by atoms with van der Waals surface area (Å²) < 4.78 is 2.24. The van der Waals surface area contributed by atoms with Crippen molar-refractivity contribution < 1.29 is 0 Å². The number of hydrogen-bond acceptors (Lipinski definition) is 1. The average Bonchev–Trinajstić information content (AvgIpc) is 3.23. The van der Waals surface area contributed by atoms with Gasteiger partial charge in [0.1, 0.15) is 0 Å². The standard InChI is InChI=1S/C17H17Br2N/c1-10-7-16(19)14(9-15(10)18)17(20)13-8-12(13)11-5-3-2-4-6-11/h2-7,9,12-13,17H,8,20H2,1H3. The molecule has 2 N–H and O–H groups in total. The van der Waals surface area contributed by atoms with Gasteiger partial charge in [-0.15, -0.1) is 0 Å². The fraction of sp³-hybridized carbons (Fsp3) is 0.294. The molecule has 1 fully saturated rings. The molecule has 0 bridgehead atoms. The Hall–Kier alpha value is -0.640. The molecule has 20 heavy (non-hydrogen) atoms. The highest BCUT2D eigenvalue weighted by molar-refractivity contribution is 9.11. The Morgan fingerprint density at radius 3 is 2.50 bits per heavy atom. The van der Waals surface area contributed by atoms with Gasteiger partial charge in [0.25, 0.3) is 0 Å². The lowest BCUT2D eigenvalue weighted by molar-refractivity contribution is 0.613. The van der Waals surface area contributed by atoms with Crippen molar-refractivity contribution in [3.05, 3.63) is 68.1 Å². The van der Waals surface area contributed by atoms with E-state index in [9.17, 15) is 0 Å². The van der Waals surface area contributed by atoms with Crippen LogP contribution in [0.15, 0.2) is 51.4 Å². The summed E-state index contributed by atoms with van der Waals surface area (Å²) in [4.78, 5) is 0. The Balaban J connectivity index is 1.82. The lowest BCUT2D eigenvalue weighted by atomic mass is 9.99. The first-order chi connectivity index (χ1) is 9.58. The van der Waals surface area contributed by atoms with Gasteiger partial charge in [-0.2, -0.15) is 0 Å². The van der Waals surface area contributed by atoms with Crippen molar-refractivity contribution in [3.8, 4) is 0 Å². The Morgan fingerprint density at radius 1 is 1.10 bits per heavy atom. The maximum atomic E-state index is 6.50. The molecule has 0 heterocycles. The molecule has 1 aliphatic rings. The second-order valence-electron chi connectivity index (χ2n) is 5.57. The van der Waals surface area contributed by atoms with Gasteiger partial charge in [-0.25, -0.2) is 0 Å². The van der Waals surface area contributed by atoms with Crippen molar-refractivity contribution in [2.24, 2.45) is 11.7 Å². The molecule has 3 unspecified atom stereocenters. The van der Waals surface area contributed by atoms with Crippen molar-refractivity contribution >= 4 is 31.9 Å². The van der Waals surface area contributed by atoms with Crippen LogP contribution in [0.25, 0.3) is 0 Å². The molecular formula is C17H17Br2N. The molecular weight excluding hydrogens is 378 g/mol. The van der Waals surface area contributed by atoms with Crippen molar-refractivity contribution in [1.29, 1.82) is 0 Å². The van der Waals surface area contributed by atoms with E-state index < -0.39 is 0 Å². The molecule has 3 atom stereocenters. The van der Waals surface area contributed by atoms with Crippen LogP contribution in [0.4, 0.5) is 0 Å². The Morgan fingerprint density at radius 2 is 1.80 bits per heavy atom. The Labute approximate surface area is 136 Å². The van der Waals surface area contributed by atoms with Gasteiger partial charge < -0.3 is 5.73 Å². The van der Waals surface area contributed by atoms with E-state index in [1.165, 1.54) is 23.1 Å². The van der Waals surface area contributed by atoms with Crippen LogP contribution in [0, 0.1) is 12.8 Å². The highest BCUT2D eigenvalue weighted by Gasteiger charge is 2.43. The van der Waals surface area contributed by atoms with E-state index in [2.05, 4.69) is 81.2 Å². The second kappa shape index (κ2) is 5.63. The number of hydrogen-bond donors (Lipinski definition) is 1. The summed E-state index contributed by atoms with van der Waals surface area (Å²) in [5, 5.41) is 0. The first kappa shape index (κ1) is 14.3. The summed E-state index contributed by atoms with van der Waals surface area (Å²) >= 11 is 7.25. The zero-order valence-electron chi connectivity index (χ0n) is 11.3. The quantitative estimate of drug-likeness (QED) is 0.748. The van der Waals surface area contributed by atoms with Crippen LogP contribution in [0.3, 0.4) is 0 Å².